The number of anilines is 1. The van der Waals surface area contributed by atoms with Crippen molar-refractivity contribution in [2.75, 3.05) is 31.1 Å². The summed E-state index contributed by atoms with van der Waals surface area (Å²) in [6.07, 6.45) is 3.48. The molecule has 4 heterocycles. The van der Waals surface area contributed by atoms with Crippen molar-refractivity contribution in [1.29, 1.82) is 0 Å². The lowest BCUT2D eigenvalue weighted by Gasteiger charge is -2.35. The predicted molar refractivity (Wildman–Crippen MR) is 109 cm³/mol. The van der Waals surface area contributed by atoms with E-state index in [2.05, 4.69) is 24.2 Å². The van der Waals surface area contributed by atoms with E-state index in [1.54, 1.807) is 24.5 Å². The van der Waals surface area contributed by atoms with E-state index < -0.39 is 10.0 Å². The molecule has 2 aromatic heterocycles. The molecule has 3 aromatic rings. The molecule has 0 saturated carbocycles. The van der Waals surface area contributed by atoms with E-state index in [4.69, 9.17) is 0 Å². The van der Waals surface area contributed by atoms with Gasteiger partial charge in [0.25, 0.3) is 10.0 Å². The number of pyridine rings is 1. The summed E-state index contributed by atoms with van der Waals surface area (Å²) in [7, 11) is -3.60. The molecule has 0 N–H and O–H groups in total. The largest absolute Gasteiger partial charge is 0.352 e. The molecule has 1 aromatic carbocycles. The summed E-state index contributed by atoms with van der Waals surface area (Å²) in [6, 6.07) is 14.5. The minimum Gasteiger partial charge on any atom is -0.352 e. The molecule has 5 rings (SSSR count). The van der Waals surface area contributed by atoms with Crippen LogP contribution in [-0.2, 0) is 10.0 Å². The highest BCUT2D eigenvalue weighted by Crippen LogP contribution is 2.28. The van der Waals surface area contributed by atoms with Gasteiger partial charge in [-0.05, 0) is 30.3 Å². The van der Waals surface area contributed by atoms with Crippen LogP contribution in [0.2, 0.25) is 0 Å². The minimum atomic E-state index is -3.60. The number of nitrogens with zero attached hydrogens (tertiary/aromatic N) is 6. The molecule has 0 aliphatic carbocycles. The van der Waals surface area contributed by atoms with E-state index in [1.807, 2.05) is 41.3 Å². The fraction of sp³-hybridized carbons (Fsp3) is 0.200. The lowest BCUT2D eigenvalue weighted by Crippen LogP contribution is -2.49. The Morgan fingerprint density at radius 3 is 2.31 bits per heavy atom. The Morgan fingerprint density at radius 1 is 0.759 bits per heavy atom. The van der Waals surface area contributed by atoms with Crippen LogP contribution in [0, 0.1) is 0 Å². The van der Waals surface area contributed by atoms with E-state index in [9.17, 15) is 8.42 Å². The van der Waals surface area contributed by atoms with Gasteiger partial charge >= 0.3 is 0 Å². The second-order valence-electron chi connectivity index (χ2n) is 6.82. The van der Waals surface area contributed by atoms with Crippen molar-refractivity contribution < 1.29 is 8.42 Å². The molecule has 29 heavy (non-hydrogen) atoms. The molecule has 0 radical (unpaired) electrons. The minimum absolute atomic E-state index is 0.281. The highest BCUT2D eigenvalue weighted by molar-refractivity contribution is 7.90. The quantitative estimate of drug-likeness (QED) is 0.641. The fourth-order valence-corrected chi connectivity index (χ4v) is 4.82. The Bertz CT molecular complexity index is 1190. The zero-order chi connectivity index (χ0) is 19.8. The van der Waals surface area contributed by atoms with Crippen LogP contribution in [0.15, 0.2) is 70.2 Å². The molecular weight excluding hydrogens is 388 g/mol. The van der Waals surface area contributed by atoms with Crippen LogP contribution in [0.5, 0.6) is 0 Å². The van der Waals surface area contributed by atoms with Gasteiger partial charge in [0.15, 0.2) is 5.84 Å². The third-order valence-electron chi connectivity index (χ3n) is 5.04. The lowest BCUT2D eigenvalue weighted by molar-refractivity contribution is 0.384. The first-order valence-electron chi connectivity index (χ1n) is 9.30. The average molecular weight is 406 g/mol. The molecule has 0 atom stereocenters. The molecule has 0 unspecified atom stereocenters. The van der Waals surface area contributed by atoms with Crippen LogP contribution >= 0.6 is 0 Å². The van der Waals surface area contributed by atoms with Gasteiger partial charge in [0.2, 0.25) is 5.95 Å². The Balaban J connectivity index is 1.34. The van der Waals surface area contributed by atoms with E-state index >= 15 is 0 Å². The average Bonchev–Trinajstić information content (AvgIpc) is 3.06. The first kappa shape index (κ1) is 17.7. The topological polar surface area (TPSA) is 91.7 Å². The number of fused-ring (bicyclic) bond motifs is 1. The molecule has 0 bridgehead atoms. The van der Waals surface area contributed by atoms with Crippen molar-refractivity contribution in [2.24, 2.45) is 4.40 Å². The van der Waals surface area contributed by atoms with Crippen LogP contribution < -0.4 is 4.90 Å². The van der Waals surface area contributed by atoms with Crippen molar-refractivity contribution in [3.05, 3.63) is 66.5 Å². The monoisotopic (exact) mass is 406 g/mol. The van der Waals surface area contributed by atoms with Gasteiger partial charge in [0.1, 0.15) is 4.90 Å². The third kappa shape index (κ3) is 3.23. The molecule has 0 amide bonds. The molecule has 0 spiro atoms. The summed E-state index contributed by atoms with van der Waals surface area (Å²) in [4.78, 5) is 17.8. The summed E-state index contributed by atoms with van der Waals surface area (Å²) in [5.41, 5.74) is 2.25. The Hall–Kier alpha value is -3.33. The second kappa shape index (κ2) is 6.93. The zero-order valence-electron chi connectivity index (χ0n) is 15.5. The van der Waals surface area contributed by atoms with Gasteiger partial charge in [0, 0.05) is 44.1 Å². The highest BCUT2D eigenvalue weighted by Gasteiger charge is 2.33. The third-order valence-corrected chi connectivity index (χ3v) is 6.37. The van der Waals surface area contributed by atoms with Crippen LogP contribution in [-0.4, -0.2) is 60.3 Å². The molecule has 2 aliphatic rings. The first-order valence-corrected chi connectivity index (χ1v) is 10.7. The molecule has 146 valence electrons. The summed E-state index contributed by atoms with van der Waals surface area (Å²) in [6.45, 7) is 2.62. The molecule has 2 aliphatic heterocycles. The molecule has 9 heteroatoms. The number of hydrogen-bond donors (Lipinski definition) is 0. The van der Waals surface area contributed by atoms with Crippen LogP contribution in [0.4, 0.5) is 5.95 Å². The molecule has 1 saturated heterocycles. The fourth-order valence-electron chi connectivity index (χ4n) is 3.59. The van der Waals surface area contributed by atoms with Gasteiger partial charge in [0.05, 0.1) is 11.4 Å². The van der Waals surface area contributed by atoms with Crippen molar-refractivity contribution in [3.8, 4) is 11.4 Å². The highest BCUT2D eigenvalue weighted by atomic mass is 32.2. The van der Waals surface area contributed by atoms with Crippen LogP contribution in [0.3, 0.4) is 0 Å². The smallest absolute Gasteiger partial charge is 0.285 e. The number of hydrogen-bond acceptors (Lipinski definition) is 7. The Labute approximate surface area is 168 Å². The molecule has 8 nitrogen and oxygen atoms in total. The second-order valence-corrected chi connectivity index (χ2v) is 8.39. The van der Waals surface area contributed by atoms with E-state index in [0.717, 1.165) is 11.4 Å². The van der Waals surface area contributed by atoms with E-state index in [-0.39, 0.29) is 4.90 Å². The predicted octanol–water partition coefficient (Wildman–Crippen LogP) is 1.81. The van der Waals surface area contributed by atoms with Gasteiger partial charge in [-0.25, -0.2) is 9.97 Å². The molecular formula is C20H18N6O2S. The maximum atomic E-state index is 12.3. The maximum Gasteiger partial charge on any atom is 0.285 e. The normalized spacial score (nSPS) is 17.7. The number of benzene rings is 1. The van der Waals surface area contributed by atoms with Gasteiger partial charge in [-0.1, -0.05) is 18.2 Å². The SMILES string of the molecule is O=S1(=O)N=C(N2CCN(c3nccc(-c4ccccn4)n3)CC2)c2ccccc21. The zero-order valence-corrected chi connectivity index (χ0v) is 16.3. The summed E-state index contributed by atoms with van der Waals surface area (Å²) < 4.78 is 28.6. The Kier molecular flexibility index (Phi) is 4.24. The maximum absolute atomic E-state index is 12.3. The lowest BCUT2D eigenvalue weighted by atomic mass is 10.1. The van der Waals surface area contributed by atoms with Gasteiger partial charge in [-0.3, -0.25) is 4.98 Å². The Morgan fingerprint density at radius 2 is 1.52 bits per heavy atom. The number of amidine groups is 1. The number of aromatic nitrogens is 3. The summed E-state index contributed by atoms with van der Waals surface area (Å²) in [5.74, 6) is 1.18. The first-order chi connectivity index (χ1) is 14.1. The van der Waals surface area contributed by atoms with Gasteiger partial charge in [-0.15, -0.1) is 4.40 Å². The van der Waals surface area contributed by atoms with Crippen molar-refractivity contribution >= 4 is 21.8 Å². The van der Waals surface area contributed by atoms with Crippen molar-refractivity contribution in [1.82, 2.24) is 19.9 Å². The van der Waals surface area contributed by atoms with Crippen LogP contribution in [0.25, 0.3) is 11.4 Å². The summed E-state index contributed by atoms with van der Waals surface area (Å²) in [5, 5.41) is 0. The van der Waals surface area contributed by atoms with Crippen LogP contribution in [0.1, 0.15) is 5.56 Å². The van der Waals surface area contributed by atoms with Gasteiger partial charge in [-0.2, -0.15) is 8.42 Å². The van der Waals surface area contributed by atoms with E-state index in [0.29, 0.717) is 43.5 Å². The van der Waals surface area contributed by atoms with Crippen molar-refractivity contribution in [2.45, 2.75) is 4.90 Å². The van der Waals surface area contributed by atoms with E-state index in [1.165, 1.54) is 0 Å². The molecule has 1 fully saturated rings. The summed E-state index contributed by atoms with van der Waals surface area (Å²) >= 11 is 0. The van der Waals surface area contributed by atoms with Crippen molar-refractivity contribution in [3.63, 3.8) is 0 Å². The number of rotatable bonds is 2. The number of sulfonamides is 1. The van der Waals surface area contributed by atoms with Gasteiger partial charge < -0.3 is 9.80 Å². The standard InChI is InChI=1S/C20H18N6O2S/c27-29(28)18-7-2-1-5-15(18)19(24-29)25-11-13-26(14-12-25)20-22-10-8-17(23-20)16-6-3-4-9-21-16/h1-10H,11-14H2. The number of piperazine rings is 1.